The minimum atomic E-state index is -1.90. The van der Waals surface area contributed by atoms with Gasteiger partial charge in [-0.3, -0.25) is 0 Å². The van der Waals surface area contributed by atoms with Crippen molar-refractivity contribution in [2.24, 2.45) is 0 Å². The fourth-order valence-corrected chi connectivity index (χ4v) is 1.46. The van der Waals surface area contributed by atoms with E-state index in [-0.39, 0.29) is 15.6 Å². The van der Waals surface area contributed by atoms with Crippen molar-refractivity contribution < 1.29 is 29.0 Å². The molecule has 0 heterocycles. The fourth-order valence-electron chi connectivity index (χ4n) is 0.912. The molecule has 0 saturated heterocycles. The first-order valence-electron chi connectivity index (χ1n) is 4.02. The van der Waals surface area contributed by atoms with Crippen LogP contribution in [-0.4, -0.2) is 23.4 Å². The maximum absolute atomic E-state index is 11.4. The molecule has 0 bridgehead atoms. The summed E-state index contributed by atoms with van der Waals surface area (Å²) in [6, 6.07) is 4.19. The number of ether oxygens (including phenoxy) is 2. The van der Waals surface area contributed by atoms with E-state index in [9.17, 15) is 14.4 Å². The van der Waals surface area contributed by atoms with Crippen molar-refractivity contribution in [3.8, 4) is 0 Å². The first-order valence-corrected chi connectivity index (χ1v) is 4.78. The SMILES string of the molecule is O=C(O)OC(=O)OC(=O)c1c(Cl)cccc1Cl. The highest BCUT2D eigenvalue weighted by molar-refractivity contribution is 6.39. The standard InChI is InChI=1S/C9H4Cl2O6/c10-4-2-1-3-5(11)6(4)7(12)16-9(15)17-8(13)14/h1-3H,(H,13,14). The zero-order valence-corrected chi connectivity index (χ0v) is 9.49. The van der Waals surface area contributed by atoms with Crippen LogP contribution in [0.15, 0.2) is 18.2 Å². The molecule has 0 aliphatic rings. The van der Waals surface area contributed by atoms with Gasteiger partial charge < -0.3 is 14.6 Å². The second-order valence-corrected chi connectivity index (χ2v) is 3.42. The molecular formula is C9H4Cl2O6. The van der Waals surface area contributed by atoms with Crippen LogP contribution in [-0.2, 0) is 9.47 Å². The number of rotatable bonds is 1. The van der Waals surface area contributed by atoms with Crippen LogP contribution in [0.2, 0.25) is 10.0 Å². The molecule has 1 aromatic carbocycles. The van der Waals surface area contributed by atoms with E-state index in [0.717, 1.165) is 0 Å². The lowest BCUT2D eigenvalue weighted by atomic mass is 10.2. The summed E-state index contributed by atoms with van der Waals surface area (Å²) >= 11 is 11.3. The predicted octanol–water partition coefficient (Wildman–Crippen LogP) is 2.96. The van der Waals surface area contributed by atoms with Gasteiger partial charge in [-0.25, -0.2) is 14.4 Å². The molecule has 0 spiro atoms. The number of carbonyl (C=O) groups is 3. The lowest BCUT2D eigenvalue weighted by Crippen LogP contribution is -2.17. The molecule has 17 heavy (non-hydrogen) atoms. The highest BCUT2D eigenvalue weighted by atomic mass is 35.5. The summed E-state index contributed by atoms with van der Waals surface area (Å²) in [5, 5.41) is 8.02. The zero-order chi connectivity index (χ0) is 13.0. The van der Waals surface area contributed by atoms with E-state index in [1.807, 2.05) is 0 Å². The van der Waals surface area contributed by atoms with E-state index in [1.165, 1.54) is 18.2 Å². The van der Waals surface area contributed by atoms with Crippen LogP contribution in [0, 0.1) is 0 Å². The molecule has 0 saturated carbocycles. The monoisotopic (exact) mass is 278 g/mol. The van der Waals surface area contributed by atoms with Crippen LogP contribution in [0.1, 0.15) is 10.4 Å². The van der Waals surface area contributed by atoms with Gasteiger partial charge >= 0.3 is 18.3 Å². The molecular weight excluding hydrogens is 275 g/mol. The summed E-state index contributed by atoms with van der Waals surface area (Å²) in [4.78, 5) is 32.1. The van der Waals surface area contributed by atoms with Crippen molar-refractivity contribution >= 4 is 41.5 Å². The van der Waals surface area contributed by atoms with Gasteiger partial charge in [-0.05, 0) is 12.1 Å². The molecule has 1 N–H and O–H groups in total. The normalized spacial score (nSPS) is 9.53. The fraction of sp³-hybridized carbons (Fsp3) is 0. The minimum Gasteiger partial charge on any atom is -0.449 e. The zero-order valence-electron chi connectivity index (χ0n) is 7.98. The van der Waals surface area contributed by atoms with Crippen LogP contribution in [0.4, 0.5) is 9.59 Å². The highest BCUT2D eigenvalue weighted by Gasteiger charge is 2.21. The van der Waals surface area contributed by atoms with Crippen molar-refractivity contribution in [1.82, 2.24) is 0 Å². The smallest absolute Gasteiger partial charge is 0.449 e. The molecule has 0 aromatic heterocycles. The van der Waals surface area contributed by atoms with Crippen molar-refractivity contribution in [3.63, 3.8) is 0 Å². The van der Waals surface area contributed by atoms with Gasteiger partial charge in [0.2, 0.25) is 0 Å². The number of carboxylic acid groups (broad SMARTS) is 1. The average Bonchev–Trinajstić information content (AvgIpc) is 2.15. The van der Waals surface area contributed by atoms with Crippen molar-refractivity contribution in [1.29, 1.82) is 0 Å². The number of hydrogen-bond donors (Lipinski definition) is 1. The van der Waals surface area contributed by atoms with Gasteiger partial charge in [0.05, 0.1) is 15.6 Å². The van der Waals surface area contributed by atoms with Gasteiger partial charge in [-0.1, -0.05) is 29.3 Å². The Bertz CT molecular complexity index is 464. The average molecular weight is 279 g/mol. The molecule has 0 unspecified atom stereocenters. The summed E-state index contributed by atoms with van der Waals surface area (Å²) in [7, 11) is 0. The van der Waals surface area contributed by atoms with E-state index >= 15 is 0 Å². The third kappa shape index (κ3) is 3.61. The van der Waals surface area contributed by atoms with E-state index in [1.54, 1.807) is 0 Å². The lowest BCUT2D eigenvalue weighted by molar-refractivity contribution is 0.0405. The van der Waals surface area contributed by atoms with Crippen molar-refractivity contribution in [2.45, 2.75) is 0 Å². The van der Waals surface area contributed by atoms with Crippen LogP contribution in [0.3, 0.4) is 0 Å². The van der Waals surface area contributed by atoms with Crippen LogP contribution in [0.25, 0.3) is 0 Å². The number of hydrogen-bond acceptors (Lipinski definition) is 5. The van der Waals surface area contributed by atoms with E-state index in [0.29, 0.717) is 0 Å². The second kappa shape index (κ2) is 5.51. The Kier molecular flexibility index (Phi) is 4.30. The Morgan fingerprint density at radius 1 is 1.06 bits per heavy atom. The van der Waals surface area contributed by atoms with Gasteiger partial charge in [-0.15, -0.1) is 0 Å². The van der Waals surface area contributed by atoms with Gasteiger partial charge in [0.15, 0.2) is 0 Å². The summed E-state index contributed by atoms with van der Waals surface area (Å²) in [5.74, 6) is -1.20. The predicted molar refractivity (Wildman–Crippen MR) is 56.4 cm³/mol. The quantitative estimate of drug-likeness (QED) is 0.627. The van der Waals surface area contributed by atoms with Crippen LogP contribution >= 0.6 is 23.2 Å². The molecule has 1 rings (SSSR count). The molecule has 6 nitrogen and oxygen atoms in total. The number of halogens is 2. The van der Waals surface area contributed by atoms with Gasteiger partial charge in [0.25, 0.3) is 0 Å². The lowest BCUT2D eigenvalue weighted by Gasteiger charge is -2.04. The Labute approximate surface area is 105 Å². The Hall–Kier alpha value is -1.79. The highest BCUT2D eigenvalue weighted by Crippen LogP contribution is 2.24. The topological polar surface area (TPSA) is 89.9 Å². The van der Waals surface area contributed by atoms with Gasteiger partial charge in [-0.2, -0.15) is 0 Å². The van der Waals surface area contributed by atoms with Crippen molar-refractivity contribution in [3.05, 3.63) is 33.8 Å². The molecule has 0 amide bonds. The van der Waals surface area contributed by atoms with Crippen molar-refractivity contribution in [2.75, 3.05) is 0 Å². The van der Waals surface area contributed by atoms with E-state index in [4.69, 9.17) is 28.3 Å². The number of esters is 1. The molecule has 90 valence electrons. The molecule has 0 aliphatic carbocycles. The Morgan fingerprint density at radius 3 is 2.06 bits per heavy atom. The minimum absolute atomic E-state index is 0.0365. The van der Waals surface area contributed by atoms with E-state index < -0.39 is 18.3 Å². The molecule has 0 radical (unpaired) electrons. The van der Waals surface area contributed by atoms with Gasteiger partial charge in [0, 0.05) is 0 Å². The number of benzene rings is 1. The largest absolute Gasteiger partial charge is 0.526 e. The molecule has 0 fully saturated rings. The molecule has 0 atom stereocenters. The Balaban J connectivity index is 2.84. The first kappa shape index (κ1) is 13.3. The van der Waals surface area contributed by atoms with Gasteiger partial charge in [0.1, 0.15) is 0 Å². The van der Waals surface area contributed by atoms with E-state index in [2.05, 4.69) is 9.47 Å². The summed E-state index contributed by atoms with van der Waals surface area (Å²) in [6.45, 7) is 0. The summed E-state index contributed by atoms with van der Waals surface area (Å²) < 4.78 is 7.63. The maximum atomic E-state index is 11.4. The third-order valence-corrected chi connectivity index (χ3v) is 2.14. The number of carbonyl (C=O) groups excluding carboxylic acids is 2. The summed E-state index contributed by atoms with van der Waals surface area (Å²) in [5.41, 5.74) is -0.252. The maximum Gasteiger partial charge on any atom is 0.526 e. The van der Waals surface area contributed by atoms with Crippen LogP contribution < -0.4 is 0 Å². The van der Waals surface area contributed by atoms with Crippen LogP contribution in [0.5, 0.6) is 0 Å². The first-order chi connectivity index (χ1) is 7.91. The second-order valence-electron chi connectivity index (χ2n) is 2.60. The summed E-state index contributed by atoms with van der Waals surface area (Å²) in [6.07, 6.45) is -3.58. The Morgan fingerprint density at radius 2 is 1.59 bits per heavy atom. The molecule has 1 aromatic rings. The molecule has 0 aliphatic heterocycles. The third-order valence-electron chi connectivity index (χ3n) is 1.51. The molecule has 8 heteroatoms.